The molecule has 6 heteroatoms. The molecule has 0 saturated heterocycles. The summed E-state index contributed by atoms with van der Waals surface area (Å²) in [6, 6.07) is 4.76. The first kappa shape index (κ1) is 13.9. The maximum absolute atomic E-state index is 12.5. The summed E-state index contributed by atoms with van der Waals surface area (Å²) in [6.07, 6.45) is -0.374. The number of aliphatic carboxylic acids is 1. The maximum Gasteiger partial charge on any atom is 0.304 e. The zero-order valence-corrected chi connectivity index (χ0v) is 11.9. The second kappa shape index (κ2) is 4.52. The molecule has 0 radical (unpaired) electrons. The molecule has 2 rings (SSSR count). The fraction of sp³-hybridized carbons (Fsp3) is 0.462. The van der Waals surface area contributed by atoms with Crippen molar-refractivity contribution in [2.75, 3.05) is 11.9 Å². The Bertz CT molecular complexity index is 624. The Labute approximate surface area is 112 Å². The molecule has 19 heavy (non-hydrogen) atoms. The predicted molar refractivity (Wildman–Crippen MR) is 72.3 cm³/mol. The number of anilines is 1. The van der Waals surface area contributed by atoms with Gasteiger partial charge in [-0.3, -0.25) is 4.79 Å². The molecule has 0 saturated carbocycles. The van der Waals surface area contributed by atoms with E-state index in [1.807, 2.05) is 17.9 Å². The van der Waals surface area contributed by atoms with Crippen molar-refractivity contribution in [3.8, 4) is 0 Å². The Hall–Kier alpha value is -1.56. The van der Waals surface area contributed by atoms with Gasteiger partial charge in [-0.25, -0.2) is 8.42 Å². The number of nitrogens with zero attached hydrogens (tertiary/aromatic N) is 1. The van der Waals surface area contributed by atoms with Crippen LogP contribution in [0.5, 0.6) is 0 Å². The summed E-state index contributed by atoms with van der Waals surface area (Å²) >= 11 is 0. The Morgan fingerprint density at radius 3 is 2.63 bits per heavy atom. The third-order valence-corrected chi connectivity index (χ3v) is 6.04. The van der Waals surface area contributed by atoms with Gasteiger partial charge < -0.3 is 10.0 Å². The lowest BCUT2D eigenvalue weighted by atomic mass is 10.1. The largest absolute Gasteiger partial charge is 0.481 e. The highest BCUT2D eigenvalue weighted by atomic mass is 32.2. The van der Waals surface area contributed by atoms with Crippen molar-refractivity contribution in [1.29, 1.82) is 0 Å². The second-order valence-electron chi connectivity index (χ2n) is 5.00. The van der Waals surface area contributed by atoms with Gasteiger partial charge in [0, 0.05) is 13.1 Å². The van der Waals surface area contributed by atoms with Gasteiger partial charge in [0.05, 0.1) is 22.3 Å². The molecule has 1 aromatic rings. The van der Waals surface area contributed by atoms with Crippen LogP contribution in [-0.2, 0) is 14.6 Å². The lowest BCUT2D eigenvalue weighted by Crippen LogP contribution is -2.48. The van der Waals surface area contributed by atoms with Crippen LogP contribution in [0, 0.1) is 6.92 Å². The maximum atomic E-state index is 12.5. The van der Waals surface area contributed by atoms with Gasteiger partial charge in [-0.15, -0.1) is 0 Å². The molecule has 1 heterocycles. The molecule has 0 bridgehead atoms. The number of carboxylic acids is 1. The summed E-state index contributed by atoms with van der Waals surface area (Å²) in [7, 11) is -1.80. The molecule has 0 aliphatic carbocycles. The van der Waals surface area contributed by atoms with Gasteiger partial charge in [-0.1, -0.05) is 6.07 Å². The van der Waals surface area contributed by atoms with E-state index in [-0.39, 0.29) is 17.4 Å². The number of hydrogen-bond donors (Lipinski definition) is 1. The van der Waals surface area contributed by atoms with Crippen molar-refractivity contribution in [3.05, 3.63) is 23.8 Å². The first-order chi connectivity index (χ1) is 8.75. The van der Waals surface area contributed by atoms with Crippen LogP contribution >= 0.6 is 0 Å². The molecule has 1 aromatic carbocycles. The van der Waals surface area contributed by atoms with Crippen LogP contribution in [0.15, 0.2) is 23.1 Å². The van der Waals surface area contributed by atoms with Gasteiger partial charge in [0.1, 0.15) is 0 Å². The minimum Gasteiger partial charge on any atom is -0.481 e. The van der Waals surface area contributed by atoms with Gasteiger partial charge in [-0.2, -0.15) is 0 Å². The first-order valence-electron chi connectivity index (χ1n) is 6.04. The summed E-state index contributed by atoms with van der Waals surface area (Å²) in [4.78, 5) is 13.0. The van der Waals surface area contributed by atoms with Crippen LogP contribution in [0.4, 0.5) is 5.69 Å². The molecule has 1 aliphatic rings. The van der Waals surface area contributed by atoms with Gasteiger partial charge in [0.15, 0.2) is 9.84 Å². The molecular weight excluding hydrogens is 266 g/mol. The number of carbonyl (C=O) groups is 1. The van der Waals surface area contributed by atoms with Crippen molar-refractivity contribution < 1.29 is 18.3 Å². The molecule has 2 unspecified atom stereocenters. The van der Waals surface area contributed by atoms with E-state index in [0.29, 0.717) is 5.69 Å². The molecule has 5 nitrogen and oxygen atoms in total. The van der Waals surface area contributed by atoms with E-state index in [0.717, 1.165) is 5.56 Å². The van der Waals surface area contributed by atoms with E-state index in [4.69, 9.17) is 5.11 Å². The third-order valence-electron chi connectivity index (χ3n) is 3.72. The van der Waals surface area contributed by atoms with Crippen LogP contribution in [-0.4, -0.2) is 37.8 Å². The van der Waals surface area contributed by atoms with Gasteiger partial charge in [0.25, 0.3) is 0 Å². The zero-order valence-electron chi connectivity index (χ0n) is 11.1. The van der Waals surface area contributed by atoms with Crippen LogP contribution in [0.25, 0.3) is 0 Å². The Kier molecular flexibility index (Phi) is 3.30. The lowest BCUT2D eigenvalue weighted by molar-refractivity contribution is -0.137. The van der Waals surface area contributed by atoms with Gasteiger partial charge >= 0.3 is 5.97 Å². The Balaban J connectivity index is 2.62. The van der Waals surface area contributed by atoms with E-state index in [1.54, 1.807) is 26.1 Å². The standard InChI is InChI=1S/C13H17NO4S/c1-8-4-5-11-10(6-8)14(3)9(2)12(7-13(15)16)19(11,17)18/h4-6,9,12H,7H2,1-3H3,(H,15,16). The number of rotatable bonds is 2. The van der Waals surface area contributed by atoms with Crippen molar-refractivity contribution in [3.63, 3.8) is 0 Å². The lowest BCUT2D eigenvalue weighted by Gasteiger charge is -2.38. The van der Waals surface area contributed by atoms with Crippen LogP contribution in [0.3, 0.4) is 0 Å². The van der Waals surface area contributed by atoms with Crippen molar-refractivity contribution in [2.24, 2.45) is 0 Å². The smallest absolute Gasteiger partial charge is 0.304 e. The van der Waals surface area contributed by atoms with E-state index in [9.17, 15) is 13.2 Å². The highest BCUT2D eigenvalue weighted by Crippen LogP contribution is 2.37. The average Bonchev–Trinajstić information content (AvgIpc) is 2.32. The number of fused-ring (bicyclic) bond motifs is 1. The van der Waals surface area contributed by atoms with Crippen molar-refractivity contribution in [1.82, 2.24) is 0 Å². The monoisotopic (exact) mass is 283 g/mol. The topological polar surface area (TPSA) is 74.7 Å². The average molecular weight is 283 g/mol. The first-order valence-corrected chi connectivity index (χ1v) is 7.59. The number of aryl methyl sites for hydroxylation is 1. The zero-order chi connectivity index (χ0) is 14.4. The summed E-state index contributed by atoms with van der Waals surface area (Å²) in [6.45, 7) is 3.64. The highest BCUT2D eigenvalue weighted by Gasteiger charge is 2.42. The van der Waals surface area contributed by atoms with Gasteiger partial charge in [-0.05, 0) is 31.5 Å². The Morgan fingerprint density at radius 2 is 2.05 bits per heavy atom. The predicted octanol–water partition coefficient (Wildman–Crippen LogP) is 1.45. The fourth-order valence-corrected chi connectivity index (χ4v) is 4.63. The Morgan fingerprint density at radius 1 is 1.42 bits per heavy atom. The fourth-order valence-electron chi connectivity index (χ4n) is 2.49. The molecule has 1 aliphatic heterocycles. The molecule has 2 atom stereocenters. The number of hydrogen-bond acceptors (Lipinski definition) is 4. The van der Waals surface area contributed by atoms with Crippen LogP contribution in [0.2, 0.25) is 0 Å². The third kappa shape index (κ3) is 2.20. The quantitative estimate of drug-likeness (QED) is 0.889. The van der Waals surface area contributed by atoms with E-state index >= 15 is 0 Å². The number of carboxylic acid groups (broad SMARTS) is 1. The van der Waals surface area contributed by atoms with Gasteiger partial charge in [0.2, 0.25) is 0 Å². The van der Waals surface area contributed by atoms with Crippen molar-refractivity contribution in [2.45, 2.75) is 36.5 Å². The second-order valence-corrected chi connectivity index (χ2v) is 7.14. The molecule has 0 fully saturated rings. The molecule has 0 aromatic heterocycles. The van der Waals surface area contributed by atoms with Crippen LogP contribution in [0.1, 0.15) is 18.9 Å². The summed E-state index contributed by atoms with van der Waals surface area (Å²) in [5, 5.41) is 8.00. The van der Waals surface area contributed by atoms with E-state index in [2.05, 4.69) is 0 Å². The summed E-state index contributed by atoms with van der Waals surface area (Å²) < 4.78 is 25.0. The molecular formula is C13H17NO4S. The molecule has 0 spiro atoms. The normalized spacial score (nSPS) is 24.9. The number of sulfone groups is 1. The minimum absolute atomic E-state index is 0.227. The summed E-state index contributed by atoms with van der Waals surface area (Å²) in [5.41, 5.74) is 1.62. The summed E-state index contributed by atoms with van der Waals surface area (Å²) in [5.74, 6) is -1.09. The molecule has 0 amide bonds. The van der Waals surface area contributed by atoms with Crippen LogP contribution < -0.4 is 4.90 Å². The van der Waals surface area contributed by atoms with E-state index < -0.39 is 21.1 Å². The van der Waals surface area contributed by atoms with Crippen molar-refractivity contribution >= 4 is 21.5 Å². The number of benzene rings is 1. The highest BCUT2D eigenvalue weighted by molar-refractivity contribution is 7.92. The minimum atomic E-state index is -3.60. The molecule has 104 valence electrons. The molecule has 1 N–H and O–H groups in total. The SMILES string of the molecule is Cc1ccc2c(c1)N(C)C(C)C(CC(=O)O)S2(=O)=O. The van der Waals surface area contributed by atoms with E-state index in [1.165, 1.54) is 0 Å².